The van der Waals surface area contributed by atoms with Crippen LogP contribution in [0.5, 0.6) is 11.5 Å². The molecular weight excluding hydrogens is 633 g/mol. The molecule has 200 valence electrons. The van der Waals surface area contributed by atoms with Gasteiger partial charge in [-0.25, -0.2) is 0 Å². The standard InChI is InChI=1S/C26H18BrCl2N3O6S/c1-2-37-21-11-15(18(27)12-22(21)38-13-14-5-3-6-16(9-14)32(35)36)10-17-24(33)30-26(39)31(25(17)34)20-8-4-7-19(28)23(20)29/h3-12H,2,13H2,1H3,(H,30,33,39)/b17-10+. The second kappa shape index (κ2) is 12.1. The van der Waals surface area contributed by atoms with Crippen molar-refractivity contribution in [3.05, 3.63) is 95.9 Å². The van der Waals surface area contributed by atoms with E-state index in [1.54, 1.807) is 49.4 Å². The van der Waals surface area contributed by atoms with E-state index in [1.807, 2.05) is 0 Å². The highest BCUT2D eigenvalue weighted by atomic mass is 79.9. The van der Waals surface area contributed by atoms with E-state index in [4.69, 9.17) is 44.9 Å². The van der Waals surface area contributed by atoms with Crippen LogP contribution in [0.2, 0.25) is 10.0 Å². The van der Waals surface area contributed by atoms with Crippen molar-refractivity contribution in [3.63, 3.8) is 0 Å². The molecule has 1 heterocycles. The van der Waals surface area contributed by atoms with Crippen LogP contribution in [0.15, 0.2) is 64.6 Å². The summed E-state index contributed by atoms with van der Waals surface area (Å²) in [5, 5.41) is 13.8. The van der Waals surface area contributed by atoms with Crippen LogP contribution >= 0.6 is 51.3 Å². The van der Waals surface area contributed by atoms with Gasteiger partial charge in [-0.1, -0.05) is 57.3 Å². The summed E-state index contributed by atoms with van der Waals surface area (Å²) in [4.78, 5) is 37.9. The largest absolute Gasteiger partial charge is 0.490 e. The van der Waals surface area contributed by atoms with Gasteiger partial charge in [0.1, 0.15) is 12.2 Å². The van der Waals surface area contributed by atoms with Gasteiger partial charge in [-0.2, -0.15) is 0 Å². The summed E-state index contributed by atoms with van der Waals surface area (Å²) in [6, 6.07) is 14.1. The molecule has 0 unspecified atom stereocenters. The number of rotatable bonds is 8. The van der Waals surface area contributed by atoms with Gasteiger partial charge in [0.25, 0.3) is 17.5 Å². The number of thiocarbonyl (C=S) groups is 1. The van der Waals surface area contributed by atoms with Crippen LogP contribution < -0.4 is 19.7 Å². The Balaban J connectivity index is 1.67. The van der Waals surface area contributed by atoms with Gasteiger partial charge in [0, 0.05) is 16.6 Å². The Morgan fingerprint density at radius 1 is 1.10 bits per heavy atom. The van der Waals surface area contributed by atoms with E-state index in [1.165, 1.54) is 18.2 Å². The van der Waals surface area contributed by atoms with Gasteiger partial charge in [0.2, 0.25) is 0 Å². The highest BCUT2D eigenvalue weighted by Crippen LogP contribution is 2.37. The van der Waals surface area contributed by atoms with E-state index in [9.17, 15) is 19.7 Å². The molecule has 1 aliphatic rings. The fourth-order valence-corrected chi connectivity index (χ4v) is 4.75. The number of ether oxygens (including phenoxy) is 2. The topological polar surface area (TPSA) is 111 Å². The average molecular weight is 651 g/mol. The molecule has 9 nitrogen and oxygen atoms in total. The molecule has 0 aliphatic carbocycles. The third-order valence-corrected chi connectivity index (χ3v) is 7.23. The Hall–Kier alpha value is -3.51. The van der Waals surface area contributed by atoms with Crippen molar-refractivity contribution >= 4 is 85.7 Å². The zero-order valence-electron chi connectivity index (χ0n) is 20.1. The molecule has 1 aliphatic heterocycles. The van der Waals surface area contributed by atoms with Gasteiger partial charge in [-0.15, -0.1) is 0 Å². The second-order valence-electron chi connectivity index (χ2n) is 8.00. The minimum atomic E-state index is -0.691. The summed E-state index contributed by atoms with van der Waals surface area (Å²) in [5.41, 5.74) is 1.02. The molecule has 3 aromatic rings. The lowest BCUT2D eigenvalue weighted by Crippen LogP contribution is -2.54. The monoisotopic (exact) mass is 649 g/mol. The van der Waals surface area contributed by atoms with Gasteiger partial charge in [0.15, 0.2) is 16.6 Å². The molecule has 3 aromatic carbocycles. The zero-order chi connectivity index (χ0) is 28.3. The minimum Gasteiger partial charge on any atom is -0.490 e. The minimum absolute atomic E-state index is 0.0440. The summed E-state index contributed by atoms with van der Waals surface area (Å²) < 4.78 is 12.1. The van der Waals surface area contributed by atoms with Crippen LogP contribution in [0, 0.1) is 10.1 Å². The Labute approximate surface area is 246 Å². The van der Waals surface area contributed by atoms with Crippen LogP contribution in [0.4, 0.5) is 11.4 Å². The maximum Gasteiger partial charge on any atom is 0.270 e. The number of nitrogens with zero attached hydrogens (tertiary/aromatic N) is 2. The third-order valence-electron chi connectivity index (χ3n) is 5.45. The van der Waals surface area contributed by atoms with Crippen molar-refractivity contribution in [2.75, 3.05) is 11.5 Å². The molecule has 39 heavy (non-hydrogen) atoms. The number of amides is 2. The maximum absolute atomic E-state index is 13.4. The van der Waals surface area contributed by atoms with E-state index in [2.05, 4.69) is 21.2 Å². The Kier molecular flexibility index (Phi) is 8.86. The van der Waals surface area contributed by atoms with E-state index < -0.39 is 16.7 Å². The molecule has 4 rings (SSSR count). The summed E-state index contributed by atoms with van der Waals surface area (Å²) >= 11 is 21.1. The first-order valence-electron chi connectivity index (χ1n) is 11.3. The number of nitrogens with one attached hydrogen (secondary N) is 1. The summed E-state index contributed by atoms with van der Waals surface area (Å²) in [6.45, 7) is 2.14. The Morgan fingerprint density at radius 2 is 1.82 bits per heavy atom. The first-order chi connectivity index (χ1) is 18.6. The van der Waals surface area contributed by atoms with E-state index in [0.717, 1.165) is 4.90 Å². The fraction of sp³-hybridized carbons (Fsp3) is 0.115. The average Bonchev–Trinajstić information content (AvgIpc) is 2.89. The van der Waals surface area contributed by atoms with Crippen LogP contribution in [0.3, 0.4) is 0 Å². The first-order valence-corrected chi connectivity index (χ1v) is 13.2. The molecule has 0 aromatic heterocycles. The van der Waals surface area contributed by atoms with Gasteiger partial charge in [0.05, 0.1) is 27.3 Å². The van der Waals surface area contributed by atoms with E-state index in [0.29, 0.717) is 33.7 Å². The summed E-state index contributed by atoms with van der Waals surface area (Å²) in [7, 11) is 0. The predicted octanol–water partition coefficient (Wildman–Crippen LogP) is 6.47. The molecule has 1 fully saturated rings. The van der Waals surface area contributed by atoms with E-state index in [-0.39, 0.29) is 38.7 Å². The van der Waals surface area contributed by atoms with Crippen molar-refractivity contribution in [2.45, 2.75) is 13.5 Å². The molecule has 0 radical (unpaired) electrons. The van der Waals surface area contributed by atoms with Gasteiger partial charge >= 0.3 is 0 Å². The number of non-ortho nitro benzene ring substituents is 1. The Bertz CT molecular complexity index is 1550. The quantitative estimate of drug-likeness (QED) is 0.0977. The number of hydrogen-bond acceptors (Lipinski definition) is 7. The van der Waals surface area contributed by atoms with Crippen LogP contribution in [-0.2, 0) is 16.2 Å². The summed E-state index contributed by atoms with van der Waals surface area (Å²) in [6.07, 6.45) is 1.39. The van der Waals surface area contributed by atoms with Crippen LogP contribution in [-0.4, -0.2) is 28.5 Å². The van der Waals surface area contributed by atoms with Crippen molar-refractivity contribution in [2.24, 2.45) is 0 Å². The SMILES string of the molecule is CCOc1cc(/C=C2\C(=O)NC(=S)N(c3cccc(Cl)c3Cl)C2=O)c(Br)cc1OCc1cccc([N+](=O)[O-])c1. The molecule has 0 bridgehead atoms. The van der Waals surface area contributed by atoms with E-state index >= 15 is 0 Å². The smallest absolute Gasteiger partial charge is 0.270 e. The number of nitro benzene ring substituents is 1. The second-order valence-corrected chi connectivity index (χ2v) is 10.0. The molecule has 0 saturated carbocycles. The van der Waals surface area contributed by atoms with Gasteiger partial charge < -0.3 is 9.47 Å². The van der Waals surface area contributed by atoms with Crippen molar-refractivity contribution in [1.82, 2.24) is 5.32 Å². The molecule has 1 saturated heterocycles. The van der Waals surface area contributed by atoms with Crippen molar-refractivity contribution < 1.29 is 24.0 Å². The highest BCUT2D eigenvalue weighted by Gasteiger charge is 2.36. The number of nitro groups is 1. The number of benzene rings is 3. The molecular formula is C26H18BrCl2N3O6S. The van der Waals surface area contributed by atoms with Crippen LogP contribution in [0.1, 0.15) is 18.1 Å². The zero-order valence-corrected chi connectivity index (χ0v) is 24.0. The van der Waals surface area contributed by atoms with Gasteiger partial charge in [-0.05, 0) is 60.6 Å². The summed E-state index contributed by atoms with van der Waals surface area (Å²) in [5.74, 6) is -0.684. The lowest BCUT2D eigenvalue weighted by molar-refractivity contribution is -0.384. The van der Waals surface area contributed by atoms with Crippen molar-refractivity contribution in [1.29, 1.82) is 0 Å². The highest BCUT2D eigenvalue weighted by molar-refractivity contribution is 9.10. The number of hydrogen-bond donors (Lipinski definition) is 1. The predicted molar refractivity (Wildman–Crippen MR) is 155 cm³/mol. The lowest BCUT2D eigenvalue weighted by atomic mass is 10.1. The maximum atomic E-state index is 13.4. The number of anilines is 1. The molecule has 0 spiro atoms. The molecule has 13 heteroatoms. The Morgan fingerprint density at radius 3 is 2.54 bits per heavy atom. The lowest BCUT2D eigenvalue weighted by Gasteiger charge is -2.29. The molecule has 2 amide bonds. The normalized spacial score (nSPS) is 14.4. The number of carbonyl (C=O) groups excluding carboxylic acids is 2. The fourth-order valence-electron chi connectivity index (χ4n) is 3.66. The van der Waals surface area contributed by atoms with Gasteiger partial charge in [-0.3, -0.25) is 29.9 Å². The number of halogens is 3. The first kappa shape index (κ1) is 28.5. The number of carbonyl (C=O) groups is 2. The van der Waals surface area contributed by atoms with Crippen molar-refractivity contribution in [3.8, 4) is 11.5 Å². The molecule has 1 N–H and O–H groups in total. The third kappa shape index (κ3) is 6.22. The molecule has 0 atom stereocenters. The van der Waals surface area contributed by atoms with Crippen LogP contribution in [0.25, 0.3) is 6.08 Å².